The Morgan fingerprint density at radius 3 is 2.43 bits per heavy atom. The van der Waals surface area contributed by atoms with E-state index in [0.717, 1.165) is 36.5 Å². The summed E-state index contributed by atoms with van der Waals surface area (Å²) in [6.07, 6.45) is 0. The van der Waals surface area contributed by atoms with Gasteiger partial charge in [0.25, 0.3) is 5.91 Å². The molecule has 1 saturated heterocycles. The molecule has 0 aliphatic carbocycles. The Morgan fingerprint density at radius 1 is 1.04 bits per heavy atom. The molecule has 0 atom stereocenters. The molecule has 1 aromatic heterocycles. The van der Waals surface area contributed by atoms with Gasteiger partial charge in [-0.2, -0.15) is 0 Å². The minimum Gasteiger partial charge on any atom is -0.341 e. The van der Waals surface area contributed by atoms with E-state index in [1.165, 1.54) is 6.92 Å². The summed E-state index contributed by atoms with van der Waals surface area (Å²) in [5, 5.41) is 2.71. The number of piperazine rings is 1. The van der Waals surface area contributed by atoms with Gasteiger partial charge >= 0.3 is 0 Å². The van der Waals surface area contributed by atoms with Gasteiger partial charge in [-0.3, -0.25) is 14.5 Å². The molecule has 0 saturated carbocycles. The van der Waals surface area contributed by atoms with Gasteiger partial charge in [-0.25, -0.2) is 4.98 Å². The number of aromatic nitrogens is 2. The van der Waals surface area contributed by atoms with Gasteiger partial charge < -0.3 is 15.2 Å². The Kier molecular flexibility index (Phi) is 5.08. The summed E-state index contributed by atoms with van der Waals surface area (Å²) in [4.78, 5) is 36.0. The number of benzene rings is 2. The zero-order chi connectivity index (χ0) is 19.5. The maximum atomic E-state index is 12.7. The van der Waals surface area contributed by atoms with Gasteiger partial charge in [-0.05, 0) is 36.4 Å². The fourth-order valence-electron chi connectivity index (χ4n) is 3.48. The van der Waals surface area contributed by atoms with Gasteiger partial charge in [0.05, 0.1) is 17.6 Å². The average Bonchev–Trinajstić information content (AvgIpc) is 3.10. The summed E-state index contributed by atoms with van der Waals surface area (Å²) >= 11 is 0. The Labute approximate surface area is 163 Å². The number of hydrogen-bond donors (Lipinski definition) is 2. The second kappa shape index (κ2) is 7.82. The molecule has 7 heteroatoms. The van der Waals surface area contributed by atoms with E-state index < -0.39 is 0 Å². The normalized spacial score (nSPS) is 15.0. The van der Waals surface area contributed by atoms with E-state index in [-0.39, 0.29) is 11.8 Å². The summed E-state index contributed by atoms with van der Waals surface area (Å²) in [5.74, 6) is 0.854. The van der Waals surface area contributed by atoms with Gasteiger partial charge in [-0.1, -0.05) is 12.1 Å². The van der Waals surface area contributed by atoms with Gasteiger partial charge in [0.1, 0.15) is 5.82 Å². The molecule has 4 rings (SSSR count). The monoisotopic (exact) mass is 377 g/mol. The maximum Gasteiger partial charge on any atom is 0.253 e. The number of aromatic amines is 1. The highest BCUT2D eigenvalue weighted by Gasteiger charge is 2.22. The van der Waals surface area contributed by atoms with Crippen molar-refractivity contribution in [2.24, 2.45) is 0 Å². The van der Waals surface area contributed by atoms with Crippen LogP contribution < -0.4 is 5.32 Å². The average molecular weight is 377 g/mol. The second-order valence-electron chi connectivity index (χ2n) is 7.03. The van der Waals surface area contributed by atoms with Crippen molar-refractivity contribution in [3.05, 3.63) is 59.9 Å². The molecule has 1 aliphatic heterocycles. The Hall–Kier alpha value is -3.19. The topological polar surface area (TPSA) is 81.3 Å². The predicted octanol–water partition coefficient (Wildman–Crippen LogP) is 2.48. The Balaban J connectivity index is 1.33. The molecule has 3 aromatic rings. The third kappa shape index (κ3) is 4.04. The van der Waals surface area contributed by atoms with E-state index in [9.17, 15) is 9.59 Å². The van der Waals surface area contributed by atoms with Crippen molar-refractivity contribution in [2.45, 2.75) is 13.5 Å². The van der Waals surface area contributed by atoms with E-state index in [0.29, 0.717) is 24.3 Å². The first-order valence-electron chi connectivity index (χ1n) is 9.41. The van der Waals surface area contributed by atoms with Crippen LogP contribution in [0.25, 0.3) is 11.0 Å². The van der Waals surface area contributed by atoms with Crippen LogP contribution in [-0.2, 0) is 11.3 Å². The van der Waals surface area contributed by atoms with Crippen LogP contribution in [0.3, 0.4) is 0 Å². The van der Waals surface area contributed by atoms with Crippen molar-refractivity contribution < 1.29 is 9.59 Å². The number of nitrogens with one attached hydrogen (secondary N) is 2. The highest BCUT2D eigenvalue weighted by atomic mass is 16.2. The van der Waals surface area contributed by atoms with Gasteiger partial charge in [-0.15, -0.1) is 0 Å². The summed E-state index contributed by atoms with van der Waals surface area (Å²) in [6, 6.07) is 15.0. The molecule has 7 nitrogen and oxygen atoms in total. The molecule has 2 aromatic carbocycles. The first-order chi connectivity index (χ1) is 13.6. The van der Waals surface area contributed by atoms with E-state index in [1.807, 2.05) is 29.2 Å². The molecule has 0 spiro atoms. The third-order valence-corrected chi connectivity index (χ3v) is 4.92. The number of imidazole rings is 1. The molecule has 2 N–H and O–H groups in total. The number of amides is 2. The van der Waals surface area contributed by atoms with Crippen LogP contribution in [-0.4, -0.2) is 57.8 Å². The minimum atomic E-state index is -0.125. The number of para-hydroxylation sites is 2. The number of rotatable bonds is 4. The smallest absolute Gasteiger partial charge is 0.253 e. The number of anilines is 1. The summed E-state index contributed by atoms with van der Waals surface area (Å²) in [5.41, 5.74) is 3.36. The van der Waals surface area contributed by atoms with Crippen molar-refractivity contribution >= 4 is 28.5 Å². The molecule has 2 amide bonds. The maximum absolute atomic E-state index is 12.7. The molecule has 28 heavy (non-hydrogen) atoms. The zero-order valence-corrected chi connectivity index (χ0v) is 15.8. The van der Waals surface area contributed by atoms with Crippen LogP contribution in [0, 0.1) is 0 Å². The lowest BCUT2D eigenvalue weighted by molar-refractivity contribution is -0.114. The number of carbonyl (C=O) groups excluding carboxylic acids is 2. The SMILES string of the molecule is CC(=O)Nc1ccc(C(=O)N2CCN(Cc3nc4ccccc4[nH]3)CC2)cc1. The highest BCUT2D eigenvalue weighted by molar-refractivity contribution is 5.95. The first kappa shape index (κ1) is 18.2. The van der Waals surface area contributed by atoms with Crippen molar-refractivity contribution in [2.75, 3.05) is 31.5 Å². The van der Waals surface area contributed by atoms with Crippen molar-refractivity contribution in [3.63, 3.8) is 0 Å². The largest absolute Gasteiger partial charge is 0.341 e. The molecule has 0 bridgehead atoms. The van der Waals surface area contributed by atoms with Crippen molar-refractivity contribution in [3.8, 4) is 0 Å². The van der Waals surface area contributed by atoms with Crippen LogP contribution >= 0.6 is 0 Å². The quantitative estimate of drug-likeness (QED) is 0.732. The minimum absolute atomic E-state index is 0.0257. The molecule has 1 aliphatic rings. The van der Waals surface area contributed by atoms with E-state index in [2.05, 4.69) is 20.2 Å². The van der Waals surface area contributed by atoms with Crippen LogP contribution in [0.5, 0.6) is 0 Å². The lowest BCUT2D eigenvalue weighted by Gasteiger charge is -2.34. The lowest BCUT2D eigenvalue weighted by atomic mass is 10.1. The molecule has 1 fully saturated rings. The fraction of sp³-hybridized carbons (Fsp3) is 0.286. The number of nitrogens with zero attached hydrogens (tertiary/aromatic N) is 3. The predicted molar refractivity (Wildman–Crippen MR) is 108 cm³/mol. The lowest BCUT2D eigenvalue weighted by Crippen LogP contribution is -2.48. The number of H-pyrrole nitrogens is 1. The van der Waals surface area contributed by atoms with E-state index >= 15 is 0 Å². The number of hydrogen-bond acceptors (Lipinski definition) is 4. The number of carbonyl (C=O) groups is 2. The molecule has 0 radical (unpaired) electrons. The Morgan fingerprint density at radius 2 is 1.75 bits per heavy atom. The van der Waals surface area contributed by atoms with E-state index in [1.54, 1.807) is 24.3 Å². The Bertz CT molecular complexity index is 954. The molecular formula is C21H23N5O2. The number of fused-ring (bicyclic) bond motifs is 1. The van der Waals surface area contributed by atoms with Crippen LogP contribution in [0.15, 0.2) is 48.5 Å². The molecule has 144 valence electrons. The third-order valence-electron chi connectivity index (χ3n) is 4.92. The summed E-state index contributed by atoms with van der Waals surface area (Å²) in [6.45, 7) is 5.21. The standard InChI is InChI=1S/C21H23N5O2/c1-15(27)22-17-8-6-16(7-9-17)21(28)26-12-10-25(11-13-26)14-20-23-18-4-2-3-5-19(18)24-20/h2-9H,10-14H2,1H3,(H,22,27)(H,23,24). The molecule has 2 heterocycles. The van der Waals surface area contributed by atoms with Gasteiger partial charge in [0, 0.05) is 44.4 Å². The summed E-state index contributed by atoms with van der Waals surface area (Å²) in [7, 11) is 0. The molecular weight excluding hydrogens is 354 g/mol. The summed E-state index contributed by atoms with van der Waals surface area (Å²) < 4.78 is 0. The highest BCUT2D eigenvalue weighted by Crippen LogP contribution is 2.15. The fourth-order valence-corrected chi connectivity index (χ4v) is 3.48. The second-order valence-corrected chi connectivity index (χ2v) is 7.03. The van der Waals surface area contributed by atoms with Crippen molar-refractivity contribution in [1.29, 1.82) is 0 Å². The zero-order valence-electron chi connectivity index (χ0n) is 15.8. The van der Waals surface area contributed by atoms with Gasteiger partial charge in [0.2, 0.25) is 5.91 Å². The van der Waals surface area contributed by atoms with E-state index in [4.69, 9.17) is 0 Å². The van der Waals surface area contributed by atoms with Gasteiger partial charge in [0.15, 0.2) is 0 Å². The van der Waals surface area contributed by atoms with Crippen LogP contribution in [0.1, 0.15) is 23.1 Å². The molecule has 0 unspecified atom stereocenters. The van der Waals surface area contributed by atoms with Crippen molar-refractivity contribution in [1.82, 2.24) is 19.8 Å². The van der Waals surface area contributed by atoms with Crippen LogP contribution in [0.2, 0.25) is 0 Å². The van der Waals surface area contributed by atoms with Crippen LogP contribution in [0.4, 0.5) is 5.69 Å². The first-order valence-corrected chi connectivity index (χ1v) is 9.41.